The van der Waals surface area contributed by atoms with Gasteiger partial charge in [-0.3, -0.25) is 9.36 Å². The van der Waals surface area contributed by atoms with Crippen LogP contribution in [0.25, 0.3) is 6.08 Å². The number of hydrogen-bond acceptors (Lipinski definition) is 7. The summed E-state index contributed by atoms with van der Waals surface area (Å²) in [6.45, 7) is 1.94. The zero-order valence-electron chi connectivity index (χ0n) is 19.1. The van der Waals surface area contributed by atoms with Crippen LogP contribution in [0.5, 0.6) is 5.75 Å². The van der Waals surface area contributed by atoms with E-state index in [1.807, 2.05) is 78.2 Å². The average Bonchev–Trinajstić information content (AvgIpc) is 3.51. The Hall–Kier alpha value is -3.75. The van der Waals surface area contributed by atoms with Gasteiger partial charge >= 0.3 is 5.97 Å². The van der Waals surface area contributed by atoms with Gasteiger partial charge in [0.15, 0.2) is 4.80 Å². The number of aromatic nitrogens is 1. The van der Waals surface area contributed by atoms with Gasteiger partial charge in [0, 0.05) is 4.88 Å². The molecule has 0 N–H and O–H groups in total. The number of esters is 1. The summed E-state index contributed by atoms with van der Waals surface area (Å²) in [5, 5.41) is 1.94. The zero-order chi connectivity index (χ0) is 24.4. The molecule has 8 heteroatoms. The van der Waals surface area contributed by atoms with Crippen LogP contribution in [-0.2, 0) is 16.1 Å². The lowest BCUT2D eigenvalue weighted by Gasteiger charge is -2.23. The number of fused-ring (bicyclic) bond motifs is 1. The molecule has 1 aliphatic rings. The van der Waals surface area contributed by atoms with Crippen molar-refractivity contribution in [3.8, 4) is 5.75 Å². The third-order valence-corrected chi connectivity index (χ3v) is 7.59. The van der Waals surface area contributed by atoms with Gasteiger partial charge in [-0.1, -0.05) is 59.9 Å². The van der Waals surface area contributed by atoms with E-state index in [4.69, 9.17) is 9.47 Å². The maximum absolute atomic E-state index is 13.6. The molecule has 0 saturated heterocycles. The van der Waals surface area contributed by atoms with E-state index in [0.717, 1.165) is 21.8 Å². The first-order valence-corrected chi connectivity index (χ1v) is 12.7. The topological polar surface area (TPSA) is 69.9 Å². The zero-order valence-corrected chi connectivity index (χ0v) is 20.8. The number of thiophene rings is 1. The molecule has 0 spiro atoms. The van der Waals surface area contributed by atoms with Crippen molar-refractivity contribution in [3.63, 3.8) is 0 Å². The summed E-state index contributed by atoms with van der Waals surface area (Å²) in [4.78, 5) is 33.0. The minimum atomic E-state index is -0.590. The molecule has 2 aromatic carbocycles. The van der Waals surface area contributed by atoms with Crippen LogP contribution in [0.15, 0.2) is 93.2 Å². The molecule has 5 rings (SSSR count). The van der Waals surface area contributed by atoms with Crippen LogP contribution < -0.4 is 19.6 Å². The number of methoxy groups -OCH3 is 1. The number of allylic oxidation sites excluding steroid dienone is 1. The SMILES string of the molecule is COc1ccc(C=c2sc3n(c2=O)C(c2cccs2)C(C(=O)OCc2ccccc2)=C(C)N=3)cc1. The number of benzene rings is 2. The highest BCUT2D eigenvalue weighted by Gasteiger charge is 2.34. The maximum Gasteiger partial charge on any atom is 0.338 e. The summed E-state index contributed by atoms with van der Waals surface area (Å²) in [5.41, 5.74) is 2.51. The highest BCUT2D eigenvalue weighted by Crippen LogP contribution is 2.33. The molecule has 0 fully saturated rings. The van der Waals surface area contributed by atoms with Crippen molar-refractivity contribution in [2.24, 2.45) is 4.99 Å². The van der Waals surface area contributed by atoms with Gasteiger partial charge in [-0.2, -0.15) is 0 Å². The molecular weight excluding hydrogens is 480 g/mol. The quantitative estimate of drug-likeness (QED) is 0.373. The number of rotatable bonds is 6. The highest BCUT2D eigenvalue weighted by molar-refractivity contribution is 7.10. The van der Waals surface area contributed by atoms with E-state index in [0.29, 0.717) is 20.6 Å². The van der Waals surface area contributed by atoms with Crippen molar-refractivity contribution in [2.45, 2.75) is 19.6 Å². The molecule has 1 aliphatic heterocycles. The first-order valence-electron chi connectivity index (χ1n) is 11.0. The van der Waals surface area contributed by atoms with Crippen molar-refractivity contribution in [1.82, 2.24) is 4.57 Å². The summed E-state index contributed by atoms with van der Waals surface area (Å²) >= 11 is 2.80. The van der Waals surface area contributed by atoms with Crippen molar-refractivity contribution < 1.29 is 14.3 Å². The number of carbonyl (C=O) groups is 1. The standard InChI is InChI=1S/C27H22N2O4S2/c1-17-23(26(31)33-16-19-7-4-3-5-8-19)24(21-9-6-14-34-21)29-25(30)22(35-27(29)28-17)15-18-10-12-20(32-2)13-11-18/h3-15,24H,16H2,1-2H3. The van der Waals surface area contributed by atoms with E-state index < -0.39 is 12.0 Å². The minimum Gasteiger partial charge on any atom is -0.497 e. The second-order valence-corrected chi connectivity index (χ2v) is 9.92. The molecule has 6 nitrogen and oxygen atoms in total. The third-order valence-electron chi connectivity index (χ3n) is 5.68. The largest absolute Gasteiger partial charge is 0.497 e. The second kappa shape index (κ2) is 9.85. The maximum atomic E-state index is 13.6. The smallest absolute Gasteiger partial charge is 0.338 e. The molecule has 0 bridgehead atoms. The fourth-order valence-electron chi connectivity index (χ4n) is 3.95. The van der Waals surface area contributed by atoms with Crippen molar-refractivity contribution in [2.75, 3.05) is 7.11 Å². The predicted octanol–water partition coefficient (Wildman–Crippen LogP) is 4.05. The summed E-state index contributed by atoms with van der Waals surface area (Å²) in [7, 11) is 1.61. The van der Waals surface area contributed by atoms with Crippen LogP contribution in [0.4, 0.5) is 0 Å². The Balaban J connectivity index is 1.56. The van der Waals surface area contributed by atoms with Crippen molar-refractivity contribution >= 4 is 34.7 Å². The van der Waals surface area contributed by atoms with Gasteiger partial charge in [-0.05, 0) is 47.7 Å². The summed E-state index contributed by atoms with van der Waals surface area (Å²) in [6, 6.07) is 20.3. The Morgan fingerprint density at radius 3 is 2.54 bits per heavy atom. The van der Waals surface area contributed by atoms with Crippen LogP contribution in [0.1, 0.15) is 29.0 Å². The number of carbonyl (C=O) groups excluding carboxylic acids is 1. The fraction of sp³-hybridized carbons (Fsp3) is 0.148. The molecule has 1 unspecified atom stereocenters. The molecule has 0 saturated carbocycles. The lowest BCUT2D eigenvalue weighted by atomic mass is 10.0. The van der Waals surface area contributed by atoms with Gasteiger partial charge in [0.2, 0.25) is 0 Å². The Bertz CT molecular complexity index is 1560. The van der Waals surface area contributed by atoms with Crippen molar-refractivity contribution in [3.05, 3.63) is 119 Å². The Kier molecular flexibility index (Phi) is 6.48. The summed E-state index contributed by atoms with van der Waals surface area (Å²) in [6.07, 6.45) is 1.83. The highest BCUT2D eigenvalue weighted by atomic mass is 32.1. The fourth-order valence-corrected chi connectivity index (χ4v) is 5.82. The van der Waals surface area contributed by atoms with E-state index in [1.54, 1.807) is 18.6 Å². The molecule has 1 atom stereocenters. The molecule has 0 aliphatic carbocycles. The second-order valence-electron chi connectivity index (χ2n) is 7.93. The molecule has 3 heterocycles. The van der Waals surface area contributed by atoms with Crippen LogP contribution in [-0.4, -0.2) is 17.6 Å². The Labute approximate surface area is 209 Å². The van der Waals surface area contributed by atoms with E-state index in [9.17, 15) is 9.59 Å². The van der Waals surface area contributed by atoms with E-state index in [2.05, 4.69) is 4.99 Å². The average molecular weight is 503 g/mol. The van der Waals surface area contributed by atoms with Crippen LogP contribution in [0.3, 0.4) is 0 Å². The normalized spacial score (nSPS) is 15.5. The van der Waals surface area contributed by atoms with Gasteiger partial charge in [0.1, 0.15) is 18.4 Å². The number of hydrogen-bond donors (Lipinski definition) is 0. The molecule has 0 radical (unpaired) electrons. The first-order chi connectivity index (χ1) is 17.0. The van der Waals surface area contributed by atoms with Crippen LogP contribution >= 0.6 is 22.7 Å². The summed E-state index contributed by atoms with van der Waals surface area (Å²) < 4.78 is 13.0. The third kappa shape index (κ3) is 4.62. The van der Waals surface area contributed by atoms with Crippen LogP contribution in [0, 0.1) is 0 Å². The number of thiazole rings is 1. The Morgan fingerprint density at radius 1 is 1.09 bits per heavy atom. The van der Waals surface area contributed by atoms with Crippen molar-refractivity contribution in [1.29, 1.82) is 0 Å². The Morgan fingerprint density at radius 2 is 1.86 bits per heavy atom. The minimum absolute atomic E-state index is 0.148. The molecular formula is C27H22N2O4S2. The molecule has 2 aromatic heterocycles. The molecule has 4 aromatic rings. The molecule has 35 heavy (non-hydrogen) atoms. The monoisotopic (exact) mass is 502 g/mol. The van der Waals surface area contributed by atoms with Crippen LogP contribution in [0.2, 0.25) is 0 Å². The van der Waals surface area contributed by atoms with Gasteiger partial charge in [-0.25, -0.2) is 9.79 Å². The lowest BCUT2D eigenvalue weighted by Crippen LogP contribution is -2.39. The van der Waals surface area contributed by atoms with E-state index in [1.165, 1.54) is 22.7 Å². The lowest BCUT2D eigenvalue weighted by molar-refractivity contribution is -0.140. The number of ether oxygens (including phenoxy) is 2. The first kappa shape index (κ1) is 23.0. The van der Waals surface area contributed by atoms with Gasteiger partial charge in [0.25, 0.3) is 5.56 Å². The molecule has 0 amide bonds. The van der Waals surface area contributed by atoms with Gasteiger partial charge < -0.3 is 9.47 Å². The predicted molar refractivity (Wildman–Crippen MR) is 137 cm³/mol. The molecule has 176 valence electrons. The number of nitrogens with zero attached hydrogens (tertiary/aromatic N) is 2. The van der Waals surface area contributed by atoms with Gasteiger partial charge in [0.05, 0.1) is 22.9 Å². The van der Waals surface area contributed by atoms with E-state index in [-0.39, 0.29) is 12.2 Å². The van der Waals surface area contributed by atoms with E-state index >= 15 is 0 Å². The summed E-state index contributed by atoms with van der Waals surface area (Å²) in [5.74, 6) is 0.272. The van der Waals surface area contributed by atoms with Gasteiger partial charge in [-0.15, -0.1) is 11.3 Å².